The first kappa shape index (κ1) is 14.9. The van der Waals surface area contributed by atoms with Crippen LogP contribution in [0.15, 0.2) is 0 Å². The van der Waals surface area contributed by atoms with E-state index in [1.807, 2.05) is 6.92 Å². The van der Waals surface area contributed by atoms with Crippen LogP contribution in [0, 0.1) is 11.3 Å². The molecule has 0 fully saturated rings. The third kappa shape index (κ3) is 7.26. The van der Waals surface area contributed by atoms with Crippen LogP contribution in [-0.4, -0.2) is 23.0 Å². The van der Waals surface area contributed by atoms with Crippen molar-refractivity contribution in [2.24, 2.45) is 11.3 Å². The van der Waals surface area contributed by atoms with Gasteiger partial charge in [-0.3, -0.25) is 9.59 Å². The summed E-state index contributed by atoms with van der Waals surface area (Å²) in [5, 5.41) is 11.1. The quantitative estimate of drug-likeness (QED) is 0.758. The smallest absolute Gasteiger partial charge is 0.325 e. The molecule has 0 saturated carbocycles. The van der Waals surface area contributed by atoms with Crippen LogP contribution in [0.5, 0.6) is 0 Å². The number of rotatable bonds is 5. The lowest BCUT2D eigenvalue weighted by atomic mass is 9.84. The zero-order chi connectivity index (χ0) is 12.9. The van der Waals surface area contributed by atoms with Crippen LogP contribution in [-0.2, 0) is 9.59 Å². The molecule has 0 aliphatic carbocycles. The Hall–Kier alpha value is -1.06. The van der Waals surface area contributed by atoms with Crippen molar-refractivity contribution in [2.45, 2.75) is 53.5 Å². The summed E-state index contributed by atoms with van der Waals surface area (Å²) in [6.45, 7) is 9.86. The van der Waals surface area contributed by atoms with Crippen molar-refractivity contribution in [1.29, 1.82) is 0 Å². The minimum Gasteiger partial charge on any atom is -0.480 e. The molecule has 0 aliphatic heterocycles. The highest BCUT2D eigenvalue weighted by Crippen LogP contribution is 2.25. The second kappa shape index (κ2) is 5.87. The molecule has 0 aromatic rings. The fraction of sp³-hybridized carbons (Fsp3) is 0.833. The van der Waals surface area contributed by atoms with Crippen LogP contribution in [0.3, 0.4) is 0 Å². The van der Waals surface area contributed by atoms with Gasteiger partial charge in [-0.25, -0.2) is 0 Å². The summed E-state index contributed by atoms with van der Waals surface area (Å²) in [6.07, 6.45) is 1.33. The van der Waals surface area contributed by atoms with Crippen LogP contribution >= 0.6 is 0 Å². The first-order chi connectivity index (χ1) is 7.11. The Labute approximate surface area is 97.4 Å². The van der Waals surface area contributed by atoms with E-state index in [1.54, 1.807) is 0 Å². The van der Waals surface area contributed by atoms with Crippen molar-refractivity contribution in [3.8, 4) is 0 Å². The van der Waals surface area contributed by atoms with Crippen LogP contribution in [0.2, 0.25) is 0 Å². The first-order valence-electron chi connectivity index (χ1n) is 5.64. The van der Waals surface area contributed by atoms with Gasteiger partial charge in [0.15, 0.2) is 0 Å². The van der Waals surface area contributed by atoms with Crippen molar-refractivity contribution < 1.29 is 14.7 Å². The molecule has 2 atom stereocenters. The van der Waals surface area contributed by atoms with Crippen LogP contribution < -0.4 is 5.32 Å². The zero-order valence-electron chi connectivity index (χ0n) is 10.8. The van der Waals surface area contributed by atoms with Gasteiger partial charge in [0.2, 0.25) is 5.91 Å². The van der Waals surface area contributed by atoms with E-state index in [0.717, 1.165) is 6.42 Å². The van der Waals surface area contributed by atoms with Gasteiger partial charge in [0.25, 0.3) is 0 Å². The molecule has 0 bridgehead atoms. The van der Waals surface area contributed by atoms with Crippen molar-refractivity contribution in [3.63, 3.8) is 0 Å². The summed E-state index contributed by atoms with van der Waals surface area (Å²) in [6, 6.07) is -0.811. The number of aliphatic carboxylic acids is 1. The molecule has 16 heavy (non-hydrogen) atoms. The topological polar surface area (TPSA) is 66.4 Å². The van der Waals surface area contributed by atoms with Gasteiger partial charge in [-0.1, -0.05) is 27.7 Å². The summed E-state index contributed by atoms with van der Waals surface area (Å²) in [5.41, 5.74) is 0.193. The number of carboxylic acid groups (broad SMARTS) is 1. The van der Waals surface area contributed by atoms with Gasteiger partial charge in [-0.05, 0) is 24.7 Å². The Morgan fingerprint density at radius 3 is 2.12 bits per heavy atom. The summed E-state index contributed by atoms with van der Waals surface area (Å²) in [5.74, 6) is -0.926. The second-order valence-electron chi connectivity index (χ2n) is 5.70. The van der Waals surface area contributed by atoms with Crippen LogP contribution in [0.4, 0.5) is 0 Å². The number of hydrogen-bond donors (Lipinski definition) is 2. The van der Waals surface area contributed by atoms with Crippen molar-refractivity contribution in [3.05, 3.63) is 0 Å². The molecule has 0 radical (unpaired) electrons. The number of carbonyl (C=O) groups is 2. The molecule has 0 aliphatic rings. The number of carboxylic acids is 1. The van der Waals surface area contributed by atoms with Gasteiger partial charge < -0.3 is 10.4 Å². The summed E-state index contributed by atoms with van der Waals surface area (Å²) in [7, 11) is 0. The highest BCUT2D eigenvalue weighted by molar-refractivity contribution is 5.83. The molecule has 94 valence electrons. The molecule has 4 nitrogen and oxygen atoms in total. The molecule has 0 aromatic carbocycles. The number of amides is 1. The summed E-state index contributed by atoms with van der Waals surface area (Å²) >= 11 is 0. The van der Waals surface area contributed by atoms with E-state index in [0.29, 0.717) is 6.42 Å². The highest BCUT2D eigenvalue weighted by Gasteiger charge is 2.19. The van der Waals surface area contributed by atoms with Crippen molar-refractivity contribution >= 4 is 11.9 Å². The SMILES string of the molecule is CC(CC(=O)N[C@@H](C)C(=O)O)CC(C)(C)C. The lowest BCUT2D eigenvalue weighted by Crippen LogP contribution is -2.39. The van der Waals surface area contributed by atoms with Gasteiger partial charge in [0.05, 0.1) is 0 Å². The average molecular weight is 229 g/mol. The Kier molecular flexibility index (Phi) is 5.48. The predicted octanol–water partition coefficient (Wildman–Crippen LogP) is 2.04. The van der Waals surface area contributed by atoms with Crippen LogP contribution in [0.1, 0.15) is 47.5 Å². The molecule has 0 rings (SSSR count). The standard InChI is InChI=1S/C12H23NO3/c1-8(7-12(3,4)5)6-10(14)13-9(2)11(15)16/h8-9H,6-7H2,1-5H3,(H,13,14)(H,15,16)/t8?,9-/m0/s1. The van der Waals surface area contributed by atoms with E-state index in [4.69, 9.17) is 5.11 Å². The van der Waals surface area contributed by atoms with Crippen molar-refractivity contribution in [2.75, 3.05) is 0 Å². The fourth-order valence-corrected chi connectivity index (χ4v) is 1.80. The molecule has 2 N–H and O–H groups in total. The molecule has 0 heterocycles. The average Bonchev–Trinajstić information content (AvgIpc) is 1.98. The van der Waals surface area contributed by atoms with E-state index in [1.165, 1.54) is 6.92 Å². The van der Waals surface area contributed by atoms with E-state index >= 15 is 0 Å². The maximum Gasteiger partial charge on any atom is 0.325 e. The van der Waals surface area contributed by atoms with E-state index < -0.39 is 12.0 Å². The highest BCUT2D eigenvalue weighted by atomic mass is 16.4. The van der Waals surface area contributed by atoms with E-state index in [9.17, 15) is 9.59 Å². The number of carbonyl (C=O) groups excluding carboxylic acids is 1. The van der Waals surface area contributed by atoms with Gasteiger partial charge >= 0.3 is 5.97 Å². The Morgan fingerprint density at radius 1 is 1.25 bits per heavy atom. The van der Waals surface area contributed by atoms with Gasteiger partial charge in [-0.15, -0.1) is 0 Å². The summed E-state index contributed by atoms with van der Waals surface area (Å²) < 4.78 is 0. The molecular weight excluding hydrogens is 206 g/mol. The number of nitrogens with one attached hydrogen (secondary N) is 1. The Bertz CT molecular complexity index is 255. The second-order valence-corrected chi connectivity index (χ2v) is 5.70. The van der Waals surface area contributed by atoms with Crippen molar-refractivity contribution in [1.82, 2.24) is 5.32 Å². The van der Waals surface area contributed by atoms with Gasteiger partial charge in [-0.2, -0.15) is 0 Å². The maximum absolute atomic E-state index is 11.5. The molecule has 0 saturated heterocycles. The zero-order valence-corrected chi connectivity index (χ0v) is 10.8. The first-order valence-corrected chi connectivity index (χ1v) is 5.64. The molecule has 1 amide bonds. The van der Waals surface area contributed by atoms with Crippen LogP contribution in [0.25, 0.3) is 0 Å². The van der Waals surface area contributed by atoms with E-state index in [-0.39, 0.29) is 17.2 Å². The summed E-state index contributed by atoms with van der Waals surface area (Å²) in [4.78, 5) is 22.0. The Morgan fingerprint density at radius 2 is 1.75 bits per heavy atom. The molecule has 0 spiro atoms. The third-order valence-corrected chi connectivity index (χ3v) is 2.24. The maximum atomic E-state index is 11.5. The molecular formula is C12H23NO3. The number of hydrogen-bond acceptors (Lipinski definition) is 2. The normalized spacial score (nSPS) is 15.3. The Balaban J connectivity index is 4.01. The monoisotopic (exact) mass is 229 g/mol. The van der Waals surface area contributed by atoms with Gasteiger partial charge in [0, 0.05) is 6.42 Å². The lowest BCUT2D eigenvalue weighted by molar-refractivity contribution is -0.141. The molecule has 1 unspecified atom stereocenters. The lowest BCUT2D eigenvalue weighted by Gasteiger charge is -2.23. The van der Waals surface area contributed by atoms with Gasteiger partial charge in [0.1, 0.15) is 6.04 Å². The minimum absolute atomic E-state index is 0.188. The third-order valence-electron chi connectivity index (χ3n) is 2.24. The largest absolute Gasteiger partial charge is 0.480 e. The predicted molar refractivity (Wildman–Crippen MR) is 63.1 cm³/mol. The van der Waals surface area contributed by atoms with E-state index in [2.05, 4.69) is 26.1 Å². The minimum atomic E-state index is -1.00. The molecule has 4 heteroatoms. The molecule has 0 aromatic heterocycles. The fourth-order valence-electron chi connectivity index (χ4n) is 1.80.